The van der Waals surface area contributed by atoms with E-state index < -0.39 is 5.82 Å². The first-order chi connectivity index (χ1) is 8.56. The van der Waals surface area contributed by atoms with Crippen LogP contribution in [0.25, 0.3) is 0 Å². The van der Waals surface area contributed by atoms with Crippen LogP contribution in [0.4, 0.5) is 10.1 Å². The minimum Gasteiger partial charge on any atom is -0.508 e. The van der Waals surface area contributed by atoms with Crippen molar-refractivity contribution in [2.24, 2.45) is 0 Å². The van der Waals surface area contributed by atoms with Crippen molar-refractivity contribution in [1.82, 2.24) is 0 Å². The molecule has 2 aromatic rings. The van der Waals surface area contributed by atoms with Gasteiger partial charge in [0.2, 0.25) is 0 Å². The maximum Gasteiger partial charge on any atom is 0.143 e. The van der Waals surface area contributed by atoms with Crippen molar-refractivity contribution in [3.63, 3.8) is 0 Å². The molecule has 0 heterocycles. The highest BCUT2D eigenvalue weighted by molar-refractivity contribution is 6.30. The number of nitrogens with one attached hydrogen (secondary N) is 1. The number of aryl methyl sites for hydroxylation is 1. The minimum absolute atomic E-state index is 0.0963. The number of halogens is 2. The van der Waals surface area contributed by atoms with Crippen LogP contribution in [0.2, 0.25) is 5.02 Å². The summed E-state index contributed by atoms with van der Waals surface area (Å²) in [7, 11) is 0. The molecule has 2 rings (SSSR count). The Morgan fingerprint density at radius 2 is 2.00 bits per heavy atom. The van der Waals surface area contributed by atoms with Crippen LogP contribution < -0.4 is 5.32 Å². The minimum atomic E-state index is -0.463. The molecule has 18 heavy (non-hydrogen) atoms. The summed E-state index contributed by atoms with van der Waals surface area (Å²) in [6.07, 6.45) is 0. The Hall–Kier alpha value is -1.74. The highest BCUT2D eigenvalue weighted by Crippen LogP contribution is 2.22. The molecule has 4 heteroatoms. The third-order valence-corrected chi connectivity index (χ3v) is 2.94. The van der Waals surface area contributed by atoms with Gasteiger partial charge in [-0.3, -0.25) is 0 Å². The summed E-state index contributed by atoms with van der Waals surface area (Å²) in [6.45, 7) is 2.37. The lowest BCUT2D eigenvalue weighted by Crippen LogP contribution is -2.00. The van der Waals surface area contributed by atoms with Crippen molar-refractivity contribution in [2.45, 2.75) is 13.5 Å². The Balaban J connectivity index is 2.11. The molecule has 2 nitrogen and oxygen atoms in total. The Kier molecular flexibility index (Phi) is 3.72. The summed E-state index contributed by atoms with van der Waals surface area (Å²) in [5.41, 5.74) is 2.45. The van der Waals surface area contributed by atoms with E-state index >= 15 is 0 Å². The molecule has 2 aromatic carbocycles. The monoisotopic (exact) mass is 265 g/mol. The summed E-state index contributed by atoms with van der Waals surface area (Å²) in [4.78, 5) is 0. The van der Waals surface area contributed by atoms with Gasteiger partial charge in [-0.15, -0.1) is 0 Å². The van der Waals surface area contributed by atoms with Crippen LogP contribution in [-0.4, -0.2) is 5.11 Å². The van der Waals surface area contributed by atoms with Gasteiger partial charge in [-0.1, -0.05) is 29.3 Å². The number of benzene rings is 2. The van der Waals surface area contributed by atoms with Gasteiger partial charge < -0.3 is 10.4 Å². The maximum absolute atomic E-state index is 13.2. The first-order valence-corrected chi connectivity index (χ1v) is 5.91. The van der Waals surface area contributed by atoms with Crippen LogP contribution in [0, 0.1) is 12.7 Å². The van der Waals surface area contributed by atoms with Gasteiger partial charge >= 0.3 is 0 Å². The zero-order valence-corrected chi connectivity index (χ0v) is 10.6. The highest BCUT2D eigenvalue weighted by Gasteiger charge is 2.03. The molecule has 0 aliphatic heterocycles. The molecular formula is C14H13ClFNO. The van der Waals surface area contributed by atoms with E-state index in [1.165, 1.54) is 12.1 Å². The first-order valence-electron chi connectivity index (χ1n) is 5.53. The van der Waals surface area contributed by atoms with Gasteiger partial charge in [0, 0.05) is 17.8 Å². The Morgan fingerprint density at radius 3 is 2.72 bits per heavy atom. The number of anilines is 1. The normalized spacial score (nSPS) is 10.4. The number of phenols is 1. The molecule has 0 unspecified atom stereocenters. The van der Waals surface area contributed by atoms with Gasteiger partial charge in [-0.2, -0.15) is 0 Å². The van der Waals surface area contributed by atoms with Crippen molar-refractivity contribution < 1.29 is 9.50 Å². The molecule has 0 fully saturated rings. The molecule has 0 atom stereocenters. The summed E-state index contributed by atoms with van der Waals surface area (Å²) in [5.74, 6) is -0.238. The zero-order valence-electron chi connectivity index (χ0n) is 9.87. The van der Waals surface area contributed by atoms with E-state index in [-0.39, 0.29) is 10.8 Å². The van der Waals surface area contributed by atoms with E-state index in [1.807, 2.05) is 19.1 Å². The summed E-state index contributed by atoms with van der Waals surface area (Å²) in [6, 6.07) is 9.88. The van der Waals surface area contributed by atoms with Crippen molar-refractivity contribution in [3.05, 3.63) is 58.4 Å². The van der Waals surface area contributed by atoms with E-state index in [2.05, 4.69) is 5.32 Å². The van der Waals surface area contributed by atoms with Crippen molar-refractivity contribution >= 4 is 17.3 Å². The van der Waals surface area contributed by atoms with Crippen LogP contribution in [0.15, 0.2) is 36.4 Å². The summed E-state index contributed by atoms with van der Waals surface area (Å²) in [5, 5.41) is 12.8. The average molecular weight is 266 g/mol. The molecule has 0 aromatic heterocycles. The van der Waals surface area contributed by atoms with Gasteiger partial charge in [-0.05, 0) is 31.2 Å². The zero-order chi connectivity index (χ0) is 13.1. The molecular weight excluding hydrogens is 253 g/mol. The third kappa shape index (κ3) is 2.93. The molecule has 94 valence electrons. The van der Waals surface area contributed by atoms with Crippen LogP contribution in [0.1, 0.15) is 11.1 Å². The Bertz CT molecular complexity index is 572. The predicted molar refractivity (Wildman–Crippen MR) is 71.6 cm³/mol. The van der Waals surface area contributed by atoms with E-state index in [9.17, 15) is 9.50 Å². The second-order valence-electron chi connectivity index (χ2n) is 4.11. The van der Waals surface area contributed by atoms with Crippen molar-refractivity contribution in [2.75, 3.05) is 5.32 Å². The smallest absolute Gasteiger partial charge is 0.143 e. The largest absolute Gasteiger partial charge is 0.508 e. The SMILES string of the molecule is Cc1ccc(O)c(CNc2ccc(Cl)c(F)c2)c1. The third-order valence-electron chi connectivity index (χ3n) is 2.64. The van der Waals surface area contributed by atoms with Gasteiger partial charge in [0.05, 0.1) is 5.02 Å². The number of aromatic hydroxyl groups is 1. The molecule has 0 radical (unpaired) electrons. The fourth-order valence-electron chi connectivity index (χ4n) is 1.66. The topological polar surface area (TPSA) is 32.3 Å². The number of phenolic OH excluding ortho intramolecular Hbond substituents is 1. The van der Waals surface area contributed by atoms with E-state index in [4.69, 9.17) is 11.6 Å². The molecule has 0 saturated heterocycles. The van der Waals surface area contributed by atoms with Crippen LogP contribution in [0.3, 0.4) is 0 Å². The van der Waals surface area contributed by atoms with E-state index in [0.29, 0.717) is 12.2 Å². The fraction of sp³-hybridized carbons (Fsp3) is 0.143. The number of rotatable bonds is 3. The van der Waals surface area contributed by atoms with Crippen molar-refractivity contribution in [3.8, 4) is 5.75 Å². The number of hydrogen-bond acceptors (Lipinski definition) is 2. The van der Waals surface area contributed by atoms with Crippen LogP contribution in [0.5, 0.6) is 5.75 Å². The Labute approximate surface area is 110 Å². The predicted octanol–water partition coefficient (Wildman–Crippen LogP) is 4.11. The molecule has 0 bridgehead atoms. The van der Waals surface area contributed by atoms with E-state index in [1.54, 1.807) is 12.1 Å². The molecule has 0 saturated carbocycles. The second-order valence-corrected chi connectivity index (χ2v) is 4.52. The maximum atomic E-state index is 13.2. The van der Waals surface area contributed by atoms with Gasteiger partial charge in [0.1, 0.15) is 11.6 Å². The molecule has 0 aliphatic carbocycles. The molecule has 2 N–H and O–H groups in total. The first kappa shape index (κ1) is 12.7. The second kappa shape index (κ2) is 5.27. The van der Waals surface area contributed by atoms with Gasteiger partial charge in [0.15, 0.2) is 0 Å². The Morgan fingerprint density at radius 1 is 1.22 bits per heavy atom. The molecule has 0 aliphatic rings. The molecule has 0 spiro atoms. The summed E-state index contributed by atoms with van der Waals surface area (Å²) < 4.78 is 13.2. The lowest BCUT2D eigenvalue weighted by molar-refractivity contribution is 0.469. The molecule has 0 amide bonds. The quantitative estimate of drug-likeness (QED) is 0.875. The fourth-order valence-corrected chi connectivity index (χ4v) is 1.78. The van der Waals surface area contributed by atoms with Crippen LogP contribution in [-0.2, 0) is 6.54 Å². The van der Waals surface area contributed by atoms with E-state index in [0.717, 1.165) is 11.1 Å². The van der Waals surface area contributed by atoms with Crippen molar-refractivity contribution in [1.29, 1.82) is 0 Å². The van der Waals surface area contributed by atoms with Gasteiger partial charge in [-0.25, -0.2) is 4.39 Å². The highest BCUT2D eigenvalue weighted by atomic mass is 35.5. The lowest BCUT2D eigenvalue weighted by atomic mass is 10.1. The van der Waals surface area contributed by atoms with Gasteiger partial charge in [0.25, 0.3) is 0 Å². The number of hydrogen-bond donors (Lipinski definition) is 2. The standard InChI is InChI=1S/C14H13ClFNO/c1-9-2-5-14(18)10(6-9)8-17-11-3-4-12(15)13(16)7-11/h2-7,17-18H,8H2,1H3. The lowest BCUT2D eigenvalue weighted by Gasteiger charge is -2.09. The summed E-state index contributed by atoms with van der Waals surface area (Å²) >= 11 is 5.60. The average Bonchev–Trinajstić information content (AvgIpc) is 2.34. The van der Waals surface area contributed by atoms with Crippen LogP contribution >= 0.6 is 11.6 Å².